The Morgan fingerprint density at radius 2 is 1.96 bits per heavy atom. The average molecular weight is 334 g/mol. The van der Waals surface area contributed by atoms with Crippen molar-refractivity contribution < 1.29 is 13.9 Å². The molecule has 3 heteroatoms. The highest BCUT2D eigenvalue weighted by Crippen LogP contribution is 2.59. The molecule has 1 unspecified atom stereocenters. The Hall–Kier alpha value is -1.09. The Balaban J connectivity index is 1.77. The summed E-state index contributed by atoms with van der Waals surface area (Å²) in [6.45, 7) is 6.80. The van der Waals surface area contributed by atoms with Crippen molar-refractivity contribution in [2.45, 2.75) is 77.0 Å². The number of alkyl halides is 1. The van der Waals surface area contributed by atoms with Crippen LogP contribution in [0.4, 0.5) is 4.39 Å². The van der Waals surface area contributed by atoms with Gasteiger partial charge in [-0.05, 0) is 73.1 Å². The van der Waals surface area contributed by atoms with Crippen molar-refractivity contribution in [2.24, 2.45) is 5.41 Å². The number of fused-ring (bicyclic) bond motifs is 1. The number of rotatable bonds is 5. The van der Waals surface area contributed by atoms with Crippen LogP contribution >= 0.6 is 0 Å². The van der Waals surface area contributed by atoms with Crippen LogP contribution in [0.15, 0.2) is 18.2 Å². The quantitative estimate of drug-likeness (QED) is 0.735. The van der Waals surface area contributed by atoms with Crippen LogP contribution in [0.3, 0.4) is 0 Å². The summed E-state index contributed by atoms with van der Waals surface area (Å²) in [5, 5.41) is 0. The number of benzene rings is 1. The molecule has 3 rings (SSSR count). The fourth-order valence-corrected chi connectivity index (χ4v) is 4.77. The molecule has 0 bridgehead atoms. The normalized spacial score (nSPS) is 29.5. The first kappa shape index (κ1) is 17.7. The third-order valence-electron chi connectivity index (χ3n) is 6.62. The van der Waals surface area contributed by atoms with E-state index in [1.54, 1.807) is 6.92 Å². The molecule has 1 saturated carbocycles. The van der Waals surface area contributed by atoms with Crippen molar-refractivity contribution >= 4 is 0 Å². The number of hydrogen-bond donors (Lipinski definition) is 0. The zero-order valence-corrected chi connectivity index (χ0v) is 15.5. The Labute approximate surface area is 145 Å². The molecule has 24 heavy (non-hydrogen) atoms. The molecule has 0 N–H and O–H groups in total. The summed E-state index contributed by atoms with van der Waals surface area (Å²) < 4.78 is 24.3. The first-order valence-corrected chi connectivity index (χ1v) is 9.31. The Morgan fingerprint density at radius 1 is 1.25 bits per heavy atom. The van der Waals surface area contributed by atoms with Crippen LogP contribution in [-0.4, -0.2) is 26.0 Å². The lowest BCUT2D eigenvalue weighted by Gasteiger charge is -2.46. The van der Waals surface area contributed by atoms with Gasteiger partial charge in [-0.3, -0.25) is 0 Å². The van der Waals surface area contributed by atoms with E-state index in [0.29, 0.717) is 24.5 Å². The van der Waals surface area contributed by atoms with Gasteiger partial charge in [0, 0.05) is 13.5 Å². The molecule has 1 spiro atoms. The van der Waals surface area contributed by atoms with Gasteiger partial charge >= 0.3 is 0 Å². The van der Waals surface area contributed by atoms with Gasteiger partial charge in [-0.2, -0.15) is 0 Å². The van der Waals surface area contributed by atoms with E-state index >= 15 is 0 Å². The van der Waals surface area contributed by atoms with E-state index in [2.05, 4.69) is 32.0 Å². The van der Waals surface area contributed by atoms with Gasteiger partial charge < -0.3 is 9.47 Å². The molecule has 0 heterocycles. The molecule has 2 aliphatic rings. The second kappa shape index (κ2) is 6.67. The third-order valence-corrected chi connectivity index (χ3v) is 6.62. The molecule has 1 fully saturated rings. The predicted octanol–water partition coefficient (Wildman–Crippen LogP) is 5.22. The largest absolute Gasteiger partial charge is 0.493 e. The lowest BCUT2D eigenvalue weighted by molar-refractivity contribution is 0.00353. The minimum Gasteiger partial charge on any atom is -0.493 e. The van der Waals surface area contributed by atoms with Crippen molar-refractivity contribution in [3.63, 3.8) is 0 Å². The highest BCUT2D eigenvalue weighted by Gasteiger charge is 2.52. The molecule has 0 amide bonds. The maximum absolute atomic E-state index is 13.0. The van der Waals surface area contributed by atoms with E-state index in [9.17, 15) is 4.39 Å². The SMILES string of the molecule is COC1CCC2(CC1)Cc1ccc(OCCC(C)F)cc1C2(C)C. The van der Waals surface area contributed by atoms with Gasteiger partial charge in [-0.1, -0.05) is 19.9 Å². The summed E-state index contributed by atoms with van der Waals surface area (Å²) in [4.78, 5) is 0. The molecule has 0 saturated heterocycles. The van der Waals surface area contributed by atoms with Crippen LogP contribution in [0.25, 0.3) is 0 Å². The first-order chi connectivity index (χ1) is 11.4. The van der Waals surface area contributed by atoms with Gasteiger partial charge in [0.2, 0.25) is 0 Å². The maximum Gasteiger partial charge on any atom is 0.119 e. The van der Waals surface area contributed by atoms with Crippen LogP contribution < -0.4 is 4.74 Å². The number of ether oxygens (including phenoxy) is 2. The highest BCUT2D eigenvalue weighted by atomic mass is 19.1. The van der Waals surface area contributed by atoms with Crippen LogP contribution in [-0.2, 0) is 16.6 Å². The molecule has 2 nitrogen and oxygen atoms in total. The van der Waals surface area contributed by atoms with Crippen LogP contribution in [0, 0.1) is 5.41 Å². The molecule has 2 aliphatic carbocycles. The lowest BCUT2D eigenvalue weighted by Crippen LogP contribution is -2.42. The minimum absolute atomic E-state index is 0.147. The van der Waals surface area contributed by atoms with Crippen molar-refractivity contribution in [3.05, 3.63) is 29.3 Å². The number of hydrogen-bond acceptors (Lipinski definition) is 2. The van der Waals surface area contributed by atoms with Gasteiger partial charge in [-0.15, -0.1) is 0 Å². The number of methoxy groups -OCH3 is 1. The van der Waals surface area contributed by atoms with E-state index in [-0.39, 0.29) is 5.41 Å². The first-order valence-electron chi connectivity index (χ1n) is 9.31. The lowest BCUT2D eigenvalue weighted by atomic mass is 9.59. The fourth-order valence-electron chi connectivity index (χ4n) is 4.77. The van der Waals surface area contributed by atoms with E-state index in [1.807, 2.05) is 7.11 Å². The zero-order chi connectivity index (χ0) is 17.4. The summed E-state index contributed by atoms with van der Waals surface area (Å²) in [7, 11) is 1.83. The smallest absolute Gasteiger partial charge is 0.119 e. The van der Waals surface area contributed by atoms with E-state index in [1.165, 1.54) is 24.0 Å². The fraction of sp³-hybridized carbons (Fsp3) is 0.714. The zero-order valence-electron chi connectivity index (χ0n) is 15.5. The van der Waals surface area contributed by atoms with Gasteiger partial charge in [0.25, 0.3) is 0 Å². The van der Waals surface area contributed by atoms with Crippen LogP contribution in [0.5, 0.6) is 5.75 Å². The molecule has 1 atom stereocenters. The monoisotopic (exact) mass is 334 g/mol. The van der Waals surface area contributed by atoms with E-state index in [0.717, 1.165) is 25.0 Å². The summed E-state index contributed by atoms with van der Waals surface area (Å²) >= 11 is 0. The maximum atomic E-state index is 13.0. The van der Waals surface area contributed by atoms with Crippen LogP contribution in [0.1, 0.15) is 64.0 Å². The number of halogens is 1. The van der Waals surface area contributed by atoms with Gasteiger partial charge in [-0.25, -0.2) is 4.39 Å². The van der Waals surface area contributed by atoms with Crippen molar-refractivity contribution in [1.29, 1.82) is 0 Å². The van der Waals surface area contributed by atoms with E-state index < -0.39 is 6.17 Å². The molecular weight excluding hydrogens is 303 g/mol. The Bertz CT molecular complexity index is 571. The van der Waals surface area contributed by atoms with Crippen molar-refractivity contribution in [1.82, 2.24) is 0 Å². The minimum atomic E-state index is -0.810. The molecule has 0 aromatic heterocycles. The second-order valence-corrected chi connectivity index (χ2v) is 8.25. The third kappa shape index (κ3) is 3.08. The van der Waals surface area contributed by atoms with Gasteiger partial charge in [0.15, 0.2) is 0 Å². The second-order valence-electron chi connectivity index (χ2n) is 8.25. The summed E-state index contributed by atoms with van der Waals surface area (Å²) in [6, 6.07) is 6.48. The van der Waals surface area contributed by atoms with Crippen LogP contribution in [0.2, 0.25) is 0 Å². The Kier molecular flexibility index (Phi) is 4.92. The predicted molar refractivity (Wildman–Crippen MR) is 95.6 cm³/mol. The molecule has 1 aromatic carbocycles. The summed E-state index contributed by atoms with van der Waals surface area (Å²) in [6.07, 6.45) is 5.99. The average Bonchev–Trinajstić information content (AvgIpc) is 2.76. The molecule has 0 aliphatic heterocycles. The molecule has 1 aromatic rings. The summed E-state index contributed by atoms with van der Waals surface area (Å²) in [5.74, 6) is 0.880. The summed E-state index contributed by atoms with van der Waals surface area (Å²) in [5.41, 5.74) is 3.37. The molecular formula is C21H31FO2. The highest BCUT2D eigenvalue weighted by molar-refractivity contribution is 5.46. The standard InChI is InChI=1S/C21H31FO2/c1-15(22)9-12-24-18-6-5-16-14-21(20(2,3)19(16)13-18)10-7-17(23-4)8-11-21/h5-6,13,15,17H,7-12,14H2,1-4H3. The van der Waals surface area contributed by atoms with Gasteiger partial charge in [0.05, 0.1) is 12.7 Å². The van der Waals surface area contributed by atoms with Gasteiger partial charge in [0.1, 0.15) is 11.9 Å². The topological polar surface area (TPSA) is 18.5 Å². The molecule has 0 radical (unpaired) electrons. The van der Waals surface area contributed by atoms with E-state index in [4.69, 9.17) is 9.47 Å². The van der Waals surface area contributed by atoms with Crippen molar-refractivity contribution in [3.8, 4) is 5.75 Å². The van der Waals surface area contributed by atoms with Crippen molar-refractivity contribution in [2.75, 3.05) is 13.7 Å². The molecule has 134 valence electrons. The Morgan fingerprint density at radius 3 is 2.58 bits per heavy atom.